The molecule has 6 nitrogen and oxygen atoms in total. The molecule has 0 radical (unpaired) electrons. The second-order valence-electron chi connectivity index (χ2n) is 6.10. The minimum Gasteiger partial charge on any atom is -0.489 e. The Bertz CT molecular complexity index is 1130. The Morgan fingerprint density at radius 3 is 2.89 bits per heavy atom. The number of fused-ring (bicyclic) bond motifs is 1. The minimum atomic E-state index is -0.501. The van der Waals surface area contributed by atoms with Gasteiger partial charge >= 0.3 is 0 Å². The highest BCUT2D eigenvalue weighted by Gasteiger charge is 2.12. The summed E-state index contributed by atoms with van der Waals surface area (Å²) in [7, 11) is 0. The number of benzene rings is 1. The van der Waals surface area contributed by atoms with Crippen LogP contribution in [0.15, 0.2) is 41.1 Å². The summed E-state index contributed by atoms with van der Waals surface area (Å²) in [5.74, 6) is -0.255. The minimum absolute atomic E-state index is 0.00988. The summed E-state index contributed by atoms with van der Waals surface area (Å²) >= 11 is 5.28. The van der Waals surface area contributed by atoms with Gasteiger partial charge in [0.1, 0.15) is 23.7 Å². The van der Waals surface area contributed by atoms with E-state index in [1.54, 1.807) is 16.8 Å². The smallest absolute Gasteiger partial charge is 0.276 e. The van der Waals surface area contributed by atoms with Crippen LogP contribution in [0.4, 0.5) is 8.78 Å². The summed E-state index contributed by atoms with van der Waals surface area (Å²) < 4.78 is 34.0. The molecule has 3 rings (SSSR count). The van der Waals surface area contributed by atoms with E-state index in [1.165, 1.54) is 12.1 Å². The van der Waals surface area contributed by atoms with Crippen LogP contribution >= 0.6 is 12.2 Å². The van der Waals surface area contributed by atoms with Gasteiger partial charge in [0, 0.05) is 24.4 Å². The summed E-state index contributed by atoms with van der Waals surface area (Å²) in [5.41, 5.74) is 7.81. The van der Waals surface area contributed by atoms with E-state index in [9.17, 15) is 13.6 Å². The topological polar surface area (TPSA) is 88.8 Å². The van der Waals surface area contributed by atoms with E-state index in [1.807, 2.05) is 6.92 Å². The number of nitrogens with two attached hydrogens (primary N) is 1. The second-order valence-corrected chi connectivity index (χ2v) is 6.48. The van der Waals surface area contributed by atoms with Crippen LogP contribution in [0.5, 0.6) is 5.75 Å². The Kier molecular flexibility index (Phi) is 5.52. The number of aromatic amines is 2. The van der Waals surface area contributed by atoms with Crippen LogP contribution in [0.1, 0.15) is 11.1 Å². The molecule has 0 amide bonds. The maximum Gasteiger partial charge on any atom is 0.276 e. The van der Waals surface area contributed by atoms with Crippen molar-refractivity contribution in [2.45, 2.75) is 13.5 Å². The van der Waals surface area contributed by atoms with Crippen LogP contribution in [0.2, 0.25) is 0 Å². The monoisotopic (exact) mass is 392 g/mol. The zero-order valence-electron chi connectivity index (χ0n) is 14.5. The largest absolute Gasteiger partial charge is 0.489 e. The van der Waals surface area contributed by atoms with Gasteiger partial charge in [0.05, 0.1) is 18.4 Å². The molecule has 0 fully saturated rings. The maximum absolute atomic E-state index is 14.0. The van der Waals surface area contributed by atoms with Crippen molar-refractivity contribution in [2.24, 2.45) is 5.73 Å². The van der Waals surface area contributed by atoms with Gasteiger partial charge < -0.3 is 20.0 Å². The lowest BCUT2D eigenvalue weighted by Gasteiger charge is -2.12. The van der Waals surface area contributed by atoms with E-state index in [-0.39, 0.29) is 41.3 Å². The molecule has 0 saturated carbocycles. The molecule has 0 aliphatic rings. The van der Waals surface area contributed by atoms with E-state index in [2.05, 4.69) is 9.97 Å². The zero-order valence-corrected chi connectivity index (χ0v) is 15.3. The SMILES string of the molecule is Cc1c[nH]c2c(=O)[nH]c(=S)n(Cc3cc(F)cc(OC/C(=C/F)CN)c3)c12. The Morgan fingerprint density at radius 1 is 1.41 bits per heavy atom. The van der Waals surface area contributed by atoms with E-state index >= 15 is 0 Å². The molecule has 0 aliphatic carbocycles. The molecule has 3 aromatic rings. The molecule has 142 valence electrons. The lowest BCUT2D eigenvalue weighted by Crippen LogP contribution is -2.15. The van der Waals surface area contributed by atoms with Crippen molar-refractivity contribution in [1.82, 2.24) is 14.5 Å². The number of H-pyrrole nitrogens is 2. The highest BCUT2D eigenvalue weighted by Crippen LogP contribution is 2.21. The second kappa shape index (κ2) is 7.85. The van der Waals surface area contributed by atoms with Crippen molar-refractivity contribution in [3.8, 4) is 5.75 Å². The molecule has 0 atom stereocenters. The molecular weight excluding hydrogens is 374 g/mol. The number of rotatable bonds is 6. The van der Waals surface area contributed by atoms with E-state index < -0.39 is 5.82 Å². The van der Waals surface area contributed by atoms with E-state index in [0.29, 0.717) is 22.9 Å². The molecule has 9 heteroatoms. The summed E-state index contributed by atoms with van der Waals surface area (Å²) in [6.45, 7) is 2.01. The van der Waals surface area contributed by atoms with Crippen LogP contribution in [-0.2, 0) is 6.54 Å². The molecule has 27 heavy (non-hydrogen) atoms. The molecule has 2 heterocycles. The molecule has 0 bridgehead atoms. The van der Waals surface area contributed by atoms with Crippen LogP contribution in [0, 0.1) is 17.5 Å². The molecule has 4 N–H and O–H groups in total. The highest BCUT2D eigenvalue weighted by atomic mass is 32.1. The Hall–Kier alpha value is -2.78. The van der Waals surface area contributed by atoms with Gasteiger partial charge in [-0.1, -0.05) is 0 Å². The number of ether oxygens (including phenoxy) is 1. The standard InChI is InChI=1S/C18H18F2N4O2S/c1-10-7-22-15-16(10)24(18(27)23-17(15)25)8-11-2-13(20)4-14(3-11)26-9-12(5-19)6-21/h2-5,7,22H,6,8-9,21H2,1H3,(H,23,25,27)/b12-5+. The third-order valence-electron chi connectivity index (χ3n) is 4.12. The first-order valence-corrected chi connectivity index (χ1v) is 8.55. The van der Waals surface area contributed by atoms with Gasteiger partial charge in [0.2, 0.25) is 0 Å². The van der Waals surface area contributed by atoms with Gasteiger partial charge in [-0.3, -0.25) is 9.78 Å². The van der Waals surface area contributed by atoms with E-state index in [4.69, 9.17) is 22.7 Å². The molecule has 0 saturated heterocycles. The summed E-state index contributed by atoms with van der Waals surface area (Å²) in [5, 5.41) is 0. The van der Waals surface area contributed by atoms with Crippen molar-refractivity contribution in [3.05, 3.63) is 68.4 Å². The molecule has 0 aliphatic heterocycles. The molecule has 1 aromatic carbocycles. The van der Waals surface area contributed by atoms with Gasteiger partial charge in [0.15, 0.2) is 4.77 Å². The van der Waals surface area contributed by atoms with Crippen LogP contribution < -0.4 is 16.0 Å². The number of aromatic nitrogens is 3. The lowest BCUT2D eigenvalue weighted by molar-refractivity contribution is 0.345. The van der Waals surface area contributed by atoms with Crippen LogP contribution in [0.3, 0.4) is 0 Å². The van der Waals surface area contributed by atoms with E-state index in [0.717, 1.165) is 5.56 Å². The molecule has 0 unspecified atom stereocenters. The first-order valence-electron chi connectivity index (χ1n) is 8.14. The average molecular weight is 392 g/mol. The lowest BCUT2D eigenvalue weighted by atomic mass is 10.2. The summed E-state index contributed by atoms with van der Waals surface area (Å²) in [6.07, 6.45) is 2.09. The number of hydrogen-bond donors (Lipinski definition) is 3. The average Bonchev–Trinajstić information content (AvgIpc) is 3.01. The summed E-state index contributed by atoms with van der Waals surface area (Å²) in [4.78, 5) is 17.6. The van der Waals surface area contributed by atoms with Crippen LogP contribution in [0.25, 0.3) is 11.0 Å². The summed E-state index contributed by atoms with van der Waals surface area (Å²) in [6, 6.07) is 4.19. The Morgan fingerprint density at radius 2 is 2.19 bits per heavy atom. The third-order valence-corrected chi connectivity index (χ3v) is 4.44. The molecule has 0 spiro atoms. The molecule has 2 aromatic heterocycles. The number of aryl methyl sites for hydroxylation is 1. The predicted octanol–water partition coefficient (Wildman–Crippen LogP) is 3.07. The number of halogens is 2. The fourth-order valence-electron chi connectivity index (χ4n) is 2.80. The van der Waals surface area contributed by atoms with Gasteiger partial charge in [-0.15, -0.1) is 0 Å². The van der Waals surface area contributed by atoms with Crippen molar-refractivity contribution in [2.75, 3.05) is 13.2 Å². The first-order chi connectivity index (χ1) is 12.9. The van der Waals surface area contributed by atoms with Crippen molar-refractivity contribution in [1.29, 1.82) is 0 Å². The fraction of sp³-hybridized carbons (Fsp3) is 0.222. The number of hydrogen-bond acceptors (Lipinski definition) is 4. The quantitative estimate of drug-likeness (QED) is 0.563. The Labute approximate surface area is 158 Å². The zero-order chi connectivity index (χ0) is 19.6. The first kappa shape index (κ1) is 19.0. The third kappa shape index (κ3) is 3.99. The Balaban J connectivity index is 1.97. The fourth-order valence-corrected chi connectivity index (χ4v) is 3.05. The normalized spacial score (nSPS) is 11.9. The van der Waals surface area contributed by atoms with Crippen molar-refractivity contribution in [3.63, 3.8) is 0 Å². The van der Waals surface area contributed by atoms with Gasteiger partial charge in [-0.2, -0.15) is 0 Å². The predicted molar refractivity (Wildman–Crippen MR) is 102 cm³/mol. The molecular formula is C18H18F2N4O2S. The number of nitrogens with zero attached hydrogens (tertiary/aromatic N) is 1. The number of nitrogens with one attached hydrogen (secondary N) is 2. The van der Waals surface area contributed by atoms with Gasteiger partial charge in [0.25, 0.3) is 5.56 Å². The van der Waals surface area contributed by atoms with Gasteiger partial charge in [-0.25, -0.2) is 8.78 Å². The highest BCUT2D eigenvalue weighted by molar-refractivity contribution is 7.71. The van der Waals surface area contributed by atoms with Crippen molar-refractivity contribution >= 4 is 23.3 Å². The maximum atomic E-state index is 14.0. The van der Waals surface area contributed by atoms with Gasteiger partial charge in [-0.05, 0) is 42.4 Å². The van der Waals surface area contributed by atoms with Crippen LogP contribution in [-0.4, -0.2) is 27.7 Å². The van der Waals surface area contributed by atoms with Crippen molar-refractivity contribution < 1.29 is 13.5 Å².